The van der Waals surface area contributed by atoms with Crippen LogP contribution < -0.4 is 15.8 Å². The van der Waals surface area contributed by atoms with Gasteiger partial charge in [0.25, 0.3) is 11.8 Å². The first kappa shape index (κ1) is 20.4. The van der Waals surface area contributed by atoms with Crippen molar-refractivity contribution in [2.24, 2.45) is 12.0 Å². The number of hydrazine groups is 1. The van der Waals surface area contributed by atoms with Crippen molar-refractivity contribution in [2.45, 2.75) is 13.0 Å². The third kappa shape index (κ3) is 3.82. The van der Waals surface area contributed by atoms with Gasteiger partial charge in [-0.25, -0.2) is 15.0 Å². The van der Waals surface area contributed by atoms with E-state index in [2.05, 4.69) is 15.7 Å². The van der Waals surface area contributed by atoms with Crippen LogP contribution in [-0.2, 0) is 16.6 Å². The zero-order valence-electron chi connectivity index (χ0n) is 18.2. The van der Waals surface area contributed by atoms with E-state index in [9.17, 15) is 9.59 Å². The molecule has 0 fully saturated rings. The van der Waals surface area contributed by atoms with Crippen molar-refractivity contribution in [3.05, 3.63) is 78.9 Å². The molecule has 0 spiro atoms. The van der Waals surface area contributed by atoms with Gasteiger partial charge < -0.3 is 9.88 Å². The number of aryl methyl sites for hydroxylation is 1. The summed E-state index contributed by atoms with van der Waals surface area (Å²) >= 11 is 0. The predicted octanol–water partition coefficient (Wildman–Crippen LogP) is 3.52. The van der Waals surface area contributed by atoms with Gasteiger partial charge in [-0.3, -0.25) is 15.0 Å². The lowest BCUT2D eigenvalue weighted by Gasteiger charge is -2.30. The molecular formula is C25H22N6O2. The van der Waals surface area contributed by atoms with Gasteiger partial charge in [0.15, 0.2) is 0 Å². The zero-order valence-corrected chi connectivity index (χ0v) is 18.2. The molecule has 2 N–H and O–H groups in total. The van der Waals surface area contributed by atoms with Crippen LogP contribution in [0.15, 0.2) is 83.9 Å². The molecule has 2 amide bonds. The normalized spacial score (nSPS) is 15.8. The van der Waals surface area contributed by atoms with Gasteiger partial charge >= 0.3 is 0 Å². The van der Waals surface area contributed by atoms with E-state index in [1.165, 1.54) is 5.01 Å². The van der Waals surface area contributed by atoms with E-state index in [0.717, 1.165) is 22.4 Å². The van der Waals surface area contributed by atoms with Gasteiger partial charge in [0.05, 0.1) is 16.7 Å². The molecule has 0 aliphatic carbocycles. The fourth-order valence-electron chi connectivity index (χ4n) is 3.80. The van der Waals surface area contributed by atoms with Crippen LogP contribution >= 0.6 is 0 Å². The van der Waals surface area contributed by atoms with Gasteiger partial charge in [0.2, 0.25) is 5.84 Å². The number of nitrogens with zero attached hydrogens (tertiary/aromatic N) is 4. The van der Waals surface area contributed by atoms with Crippen LogP contribution in [0.4, 0.5) is 11.4 Å². The summed E-state index contributed by atoms with van der Waals surface area (Å²) in [6.07, 6.45) is 0. The second-order valence-electron chi connectivity index (χ2n) is 7.79. The number of hydrogen-bond acceptors (Lipinski definition) is 5. The Balaban J connectivity index is 1.34. The van der Waals surface area contributed by atoms with Gasteiger partial charge in [0.1, 0.15) is 11.9 Å². The first-order valence-electron chi connectivity index (χ1n) is 10.6. The number of rotatable bonds is 4. The topological polar surface area (TPSA) is 91.6 Å². The van der Waals surface area contributed by atoms with Crippen molar-refractivity contribution in [1.82, 2.24) is 15.0 Å². The summed E-state index contributed by atoms with van der Waals surface area (Å²) < 4.78 is 2.04. The molecule has 1 aliphatic heterocycles. The summed E-state index contributed by atoms with van der Waals surface area (Å²) in [5.74, 6) is 0.263. The standard InChI is InChI=1S/C25H22N6O2/c1-16-25(33)31(19-8-4-3-5-9-19)29-22(26-16)24(32)27-18-14-12-17(13-15-18)23-28-20-10-6-7-11-21(20)30(23)2/h3-16H,1-2H3,(H,26,29)(H,27,32). The van der Waals surface area contributed by atoms with Gasteiger partial charge in [-0.2, -0.15) is 0 Å². The van der Waals surface area contributed by atoms with Crippen LogP contribution in [0.25, 0.3) is 22.4 Å². The molecule has 1 atom stereocenters. The number of imidazole rings is 1. The van der Waals surface area contributed by atoms with Crippen LogP contribution in [-0.4, -0.2) is 33.2 Å². The van der Waals surface area contributed by atoms with E-state index in [1.54, 1.807) is 19.1 Å². The Morgan fingerprint density at radius 3 is 2.39 bits per heavy atom. The molecule has 2 heterocycles. The highest BCUT2D eigenvalue weighted by atomic mass is 16.2. The Labute approximate surface area is 190 Å². The number of carbonyl (C=O) groups excluding carboxylic acids is 2. The lowest BCUT2D eigenvalue weighted by Crippen LogP contribution is -2.57. The zero-order chi connectivity index (χ0) is 22.9. The number of benzene rings is 3. The number of fused-ring (bicyclic) bond motifs is 1. The maximum Gasteiger partial charge on any atom is 0.292 e. The summed E-state index contributed by atoms with van der Waals surface area (Å²) in [7, 11) is 1.98. The molecule has 1 aliphatic rings. The Kier molecular flexibility index (Phi) is 5.10. The maximum absolute atomic E-state index is 12.9. The Morgan fingerprint density at radius 1 is 0.970 bits per heavy atom. The van der Waals surface area contributed by atoms with Crippen LogP contribution in [0.1, 0.15) is 6.92 Å². The van der Waals surface area contributed by atoms with Crippen molar-refractivity contribution in [3.63, 3.8) is 0 Å². The number of aromatic nitrogens is 2. The van der Waals surface area contributed by atoms with Crippen molar-refractivity contribution < 1.29 is 9.59 Å². The predicted molar refractivity (Wildman–Crippen MR) is 129 cm³/mol. The molecule has 3 aromatic carbocycles. The van der Waals surface area contributed by atoms with Crippen molar-refractivity contribution in [3.8, 4) is 11.4 Å². The first-order valence-corrected chi connectivity index (χ1v) is 10.6. The van der Waals surface area contributed by atoms with Crippen LogP contribution in [0.5, 0.6) is 0 Å². The summed E-state index contributed by atoms with van der Waals surface area (Å²) in [5, 5.41) is 4.19. The third-order valence-electron chi connectivity index (χ3n) is 5.54. The second-order valence-corrected chi connectivity index (χ2v) is 7.79. The summed E-state index contributed by atoms with van der Waals surface area (Å²) in [6.45, 7) is 1.66. The van der Waals surface area contributed by atoms with Gasteiger partial charge in [0, 0.05) is 18.3 Å². The Morgan fingerprint density at radius 2 is 1.67 bits per heavy atom. The smallest absolute Gasteiger partial charge is 0.292 e. The maximum atomic E-state index is 12.9. The number of nitrogens with one attached hydrogen (secondary N) is 2. The number of amides is 2. The molecular weight excluding hydrogens is 416 g/mol. The number of amidine groups is 1. The van der Waals surface area contributed by atoms with E-state index in [4.69, 9.17) is 4.98 Å². The summed E-state index contributed by atoms with van der Waals surface area (Å²) in [5.41, 5.74) is 7.02. The van der Waals surface area contributed by atoms with Gasteiger partial charge in [-0.15, -0.1) is 0 Å². The molecule has 1 unspecified atom stereocenters. The highest BCUT2D eigenvalue weighted by Gasteiger charge is 2.30. The summed E-state index contributed by atoms with van der Waals surface area (Å²) in [4.78, 5) is 34.3. The van der Waals surface area contributed by atoms with E-state index in [1.807, 2.05) is 78.3 Å². The number of aliphatic imine (C=N–C) groups is 1. The molecule has 0 bridgehead atoms. The molecule has 164 valence electrons. The molecule has 0 saturated carbocycles. The third-order valence-corrected chi connectivity index (χ3v) is 5.54. The fourth-order valence-corrected chi connectivity index (χ4v) is 3.80. The molecule has 33 heavy (non-hydrogen) atoms. The van der Waals surface area contributed by atoms with E-state index in [-0.39, 0.29) is 11.7 Å². The van der Waals surface area contributed by atoms with Crippen LogP contribution in [0.2, 0.25) is 0 Å². The highest BCUT2D eigenvalue weighted by Crippen LogP contribution is 2.25. The van der Waals surface area contributed by atoms with E-state index in [0.29, 0.717) is 11.4 Å². The quantitative estimate of drug-likeness (QED) is 0.510. The number of para-hydroxylation sites is 3. The molecule has 8 nitrogen and oxygen atoms in total. The van der Waals surface area contributed by atoms with Gasteiger partial charge in [-0.1, -0.05) is 30.3 Å². The molecule has 0 saturated heterocycles. The lowest BCUT2D eigenvalue weighted by molar-refractivity contribution is -0.120. The largest absolute Gasteiger partial charge is 0.327 e. The fraction of sp³-hybridized carbons (Fsp3) is 0.120. The minimum Gasteiger partial charge on any atom is -0.327 e. The van der Waals surface area contributed by atoms with E-state index >= 15 is 0 Å². The lowest BCUT2D eigenvalue weighted by atomic mass is 10.2. The minimum absolute atomic E-state index is 0.0744. The average molecular weight is 438 g/mol. The number of carbonyl (C=O) groups is 2. The summed E-state index contributed by atoms with van der Waals surface area (Å²) in [6, 6.07) is 23.8. The van der Waals surface area contributed by atoms with Gasteiger partial charge in [-0.05, 0) is 55.5 Å². The van der Waals surface area contributed by atoms with Crippen LogP contribution in [0, 0.1) is 0 Å². The minimum atomic E-state index is -0.674. The first-order chi connectivity index (χ1) is 16.0. The van der Waals surface area contributed by atoms with E-state index < -0.39 is 11.9 Å². The Hall–Kier alpha value is -4.46. The SMILES string of the molecule is CC1N=C(C(=O)Nc2ccc(-c3nc4ccccc4n3C)cc2)NN(c2ccccc2)C1=O. The van der Waals surface area contributed by atoms with Crippen molar-refractivity contribution in [2.75, 3.05) is 10.3 Å². The van der Waals surface area contributed by atoms with Crippen molar-refractivity contribution >= 4 is 40.1 Å². The number of anilines is 2. The molecule has 1 aromatic heterocycles. The molecule has 5 rings (SSSR count). The number of hydrogen-bond donors (Lipinski definition) is 2. The average Bonchev–Trinajstić information content (AvgIpc) is 3.18. The Bertz CT molecular complexity index is 1380. The molecule has 4 aromatic rings. The monoisotopic (exact) mass is 438 g/mol. The molecule has 0 radical (unpaired) electrons. The van der Waals surface area contributed by atoms with Crippen LogP contribution in [0.3, 0.4) is 0 Å². The molecule has 8 heteroatoms. The highest BCUT2D eigenvalue weighted by molar-refractivity contribution is 6.43. The second kappa shape index (κ2) is 8.23. The van der Waals surface area contributed by atoms with Crippen molar-refractivity contribution in [1.29, 1.82) is 0 Å².